The fourth-order valence-electron chi connectivity index (χ4n) is 13.6. The van der Waals surface area contributed by atoms with E-state index >= 15 is 0 Å². The summed E-state index contributed by atoms with van der Waals surface area (Å²) >= 11 is 0. The Kier molecular flexibility index (Phi) is 25.5. The van der Waals surface area contributed by atoms with E-state index in [1.54, 1.807) is 37.7 Å². The number of carbonyl (C=O) groups is 8. The maximum Gasteiger partial charge on any atom is 0.246 e. The van der Waals surface area contributed by atoms with Gasteiger partial charge in [-0.15, -0.1) is 0 Å². The van der Waals surface area contributed by atoms with E-state index in [0.29, 0.717) is 64.7 Å². The second kappa shape index (κ2) is 33.8. The number of amides is 8. The van der Waals surface area contributed by atoms with Crippen molar-refractivity contribution in [2.24, 2.45) is 11.8 Å². The van der Waals surface area contributed by atoms with Gasteiger partial charge in [0.2, 0.25) is 47.3 Å². The largest absolute Gasteiger partial charge is 0.354 e. The second-order valence-electron chi connectivity index (χ2n) is 24.7. The molecule has 2 aliphatic carbocycles. The van der Waals surface area contributed by atoms with Crippen molar-refractivity contribution in [2.75, 3.05) is 40.3 Å². The molecule has 0 aromatic heterocycles. The molecule has 2 saturated heterocycles. The van der Waals surface area contributed by atoms with Gasteiger partial charge in [0.05, 0.1) is 12.1 Å². The van der Waals surface area contributed by atoms with Gasteiger partial charge in [0, 0.05) is 38.0 Å². The van der Waals surface area contributed by atoms with Crippen LogP contribution >= 0.6 is 0 Å². The van der Waals surface area contributed by atoms with E-state index in [2.05, 4.69) is 42.5 Å². The Morgan fingerprint density at radius 2 is 0.716 bits per heavy atom. The molecule has 88 heavy (non-hydrogen) atoms. The summed E-state index contributed by atoms with van der Waals surface area (Å²) in [5.74, 6) is -3.84. The number of nitrogens with zero attached hydrogens (tertiary/aromatic N) is 2. The van der Waals surface area contributed by atoms with E-state index in [4.69, 9.17) is 0 Å². The summed E-state index contributed by atoms with van der Waals surface area (Å²) in [4.78, 5) is 118. The molecule has 8 rings (SSSR count). The van der Waals surface area contributed by atoms with Crippen LogP contribution in [0.3, 0.4) is 0 Å². The minimum Gasteiger partial charge on any atom is -0.354 e. The first kappa shape index (κ1) is 66.5. The molecule has 474 valence electrons. The van der Waals surface area contributed by atoms with E-state index in [-0.39, 0.29) is 47.3 Å². The normalized spacial score (nSPS) is 19.4. The topological polar surface area (TPSA) is 239 Å². The van der Waals surface area contributed by atoms with Crippen LogP contribution in [0.25, 0.3) is 0 Å². The van der Waals surface area contributed by atoms with Gasteiger partial charge in [-0.2, -0.15) is 0 Å². The Morgan fingerprint density at radius 1 is 0.398 bits per heavy atom. The van der Waals surface area contributed by atoms with Crippen LogP contribution in [0, 0.1) is 11.8 Å². The third-order valence-corrected chi connectivity index (χ3v) is 18.9. The molecule has 4 aromatic rings. The number of rotatable bonds is 29. The molecule has 4 fully saturated rings. The van der Waals surface area contributed by atoms with Gasteiger partial charge in [0.25, 0.3) is 0 Å². The molecule has 0 spiro atoms. The lowest BCUT2D eigenvalue weighted by Gasteiger charge is -2.36. The highest BCUT2D eigenvalue weighted by molar-refractivity contribution is 5.97. The number of likely N-dealkylation sites (N-methyl/N-ethyl adjacent to an activating group) is 2. The van der Waals surface area contributed by atoms with E-state index in [9.17, 15) is 38.4 Å². The van der Waals surface area contributed by atoms with Crippen molar-refractivity contribution >= 4 is 47.3 Å². The van der Waals surface area contributed by atoms with Crippen LogP contribution in [-0.4, -0.2) is 146 Å². The highest BCUT2D eigenvalue weighted by Crippen LogP contribution is 2.34. The van der Waals surface area contributed by atoms with E-state index < -0.39 is 72.0 Å². The average Bonchev–Trinajstić information content (AvgIpc) is 4.40. The number of likely N-dealkylation sites (tertiary alicyclic amines) is 2. The van der Waals surface area contributed by atoms with Crippen LogP contribution in [0.5, 0.6) is 0 Å². The van der Waals surface area contributed by atoms with Crippen LogP contribution in [0.15, 0.2) is 121 Å². The van der Waals surface area contributed by atoms with Crippen molar-refractivity contribution in [2.45, 2.75) is 190 Å². The van der Waals surface area contributed by atoms with Crippen molar-refractivity contribution in [1.82, 2.24) is 52.3 Å². The zero-order valence-corrected chi connectivity index (χ0v) is 52.2. The Hall–Kier alpha value is -7.44. The predicted molar refractivity (Wildman–Crippen MR) is 341 cm³/mol. The zero-order chi connectivity index (χ0) is 62.4. The summed E-state index contributed by atoms with van der Waals surface area (Å²) in [5, 5.41) is 24.7. The van der Waals surface area contributed by atoms with Crippen molar-refractivity contribution in [1.29, 1.82) is 0 Å². The van der Waals surface area contributed by atoms with Crippen LogP contribution in [0.4, 0.5) is 0 Å². The molecule has 2 unspecified atom stereocenters. The van der Waals surface area contributed by atoms with Gasteiger partial charge in [-0.1, -0.05) is 173 Å². The van der Waals surface area contributed by atoms with Gasteiger partial charge in [-0.3, -0.25) is 38.4 Å². The highest BCUT2D eigenvalue weighted by Gasteiger charge is 2.45. The van der Waals surface area contributed by atoms with Crippen molar-refractivity contribution in [3.8, 4) is 0 Å². The Balaban J connectivity index is 0.921. The number of unbranched alkanes of at least 4 members (excludes halogenated alkanes) is 3. The van der Waals surface area contributed by atoms with Crippen LogP contribution in [0.1, 0.15) is 164 Å². The molecule has 0 bridgehead atoms. The molecule has 8 amide bonds. The van der Waals surface area contributed by atoms with Crippen LogP contribution in [0.2, 0.25) is 0 Å². The molecule has 4 aromatic carbocycles. The first-order valence-corrected chi connectivity index (χ1v) is 32.7. The second-order valence-corrected chi connectivity index (χ2v) is 24.7. The van der Waals surface area contributed by atoms with Crippen LogP contribution < -0.4 is 42.5 Å². The fraction of sp³-hybridized carbons (Fsp3) is 0.543. The Bertz CT molecular complexity index is 2620. The highest BCUT2D eigenvalue weighted by atomic mass is 16.2. The number of carbonyl (C=O) groups excluding carboxylic acids is 8. The molecule has 2 heterocycles. The van der Waals surface area contributed by atoms with E-state index in [1.807, 2.05) is 121 Å². The Morgan fingerprint density at radius 3 is 1.02 bits per heavy atom. The predicted octanol–water partition coefficient (Wildman–Crippen LogP) is 6.74. The minimum atomic E-state index is -1.05. The minimum absolute atomic E-state index is 0.0457. The number of nitrogens with one attached hydrogen (secondary N) is 8. The van der Waals surface area contributed by atoms with Crippen LogP contribution in [-0.2, 0) is 38.4 Å². The maximum atomic E-state index is 14.8. The summed E-state index contributed by atoms with van der Waals surface area (Å²) in [7, 11) is 3.41. The van der Waals surface area contributed by atoms with Gasteiger partial charge in [-0.05, 0) is 126 Å². The number of benzene rings is 4. The van der Waals surface area contributed by atoms with Crippen molar-refractivity contribution in [3.63, 3.8) is 0 Å². The average molecular weight is 1210 g/mol. The fourth-order valence-corrected chi connectivity index (χ4v) is 13.6. The lowest BCUT2D eigenvalue weighted by Crippen LogP contribution is -2.59. The van der Waals surface area contributed by atoms with Crippen molar-refractivity contribution < 1.29 is 38.4 Å². The van der Waals surface area contributed by atoms with E-state index in [1.165, 1.54) is 0 Å². The molecule has 2 saturated carbocycles. The molecule has 8 N–H and O–H groups in total. The molecule has 18 nitrogen and oxygen atoms in total. The quantitative estimate of drug-likeness (QED) is 0.0267. The third-order valence-electron chi connectivity index (χ3n) is 18.9. The zero-order valence-electron chi connectivity index (χ0n) is 52.2. The lowest BCUT2D eigenvalue weighted by atomic mass is 9.83. The summed E-state index contributed by atoms with van der Waals surface area (Å²) < 4.78 is 0. The summed E-state index contributed by atoms with van der Waals surface area (Å²) in [6.45, 7) is 4.88. The summed E-state index contributed by atoms with van der Waals surface area (Å²) in [6.07, 6.45) is 14.0. The van der Waals surface area contributed by atoms with Gasteiger partial charge in [0.15, 0.2) is 0 Å². The van der Waals surface area contributed by atoms with Gasteiger partial charge < -0.3 is 52.3 Å². The molecule has 2 aliphatic heterocycles. The summed E-state index contributed by atoms with van der Waals surface area (Å²) in [6, 6.07) is 32.3. The third kappa shape index (κ3) is 17.7. The van der Waals surface area contributed by atoms with Gasteiger partial charge >= 0.3 is 0 Å². The number of hydrogen-bond acceptors (Lipinski definition) is 10. The lowest BCUT2D eigenvalue weighted by molar-refractivity contribution is -0.143. The Labute approximate surface area is 521 Å². The number of hydrogen-bond donors (Lipinski definition) is 8. The first-order chi connectivity index (χ1) is 42.8. The molecule has 4 aliphatic rings. The molecule has 8 atom stereocenters. The molecular formula is C70H96N10O8. The van der Waals surface area contributed by atoms with Crippen molar-refractivity contribution in [3.05, 3.63) is 144 Å². The monoisotopic (exact) mass is 1200 g/mol. The van der Waals surface area contributed by atoms with E-state index in [0.717, 1.165) is 99.3 Å². The first-order valence-electron chi connectivity index (χ1n) is 32.7. The molecule has 18 heteroatoms. The smallest absolute Gasteiger partial charge is 0.246 e. The standard InChI is InChI=1S/C70H96N10O8/c1-47(71-3)63(81)75-59(53-37-21-11-22-38-53)69(87)79-45-27-41-55(79)65(83)77-61(57(49-29-13-7-14-30-49)50-31-15-8-16-32-50)67(85)73-43-25-5-6-26-44-74-68(86)62(58(51-33-17-9-18-34-51)52-35-19-10-20-36-52)78-66(84)56-42-28-46-80(56)70(88)60(54-39-23-12-24-40-54)76-64(82)48(2)72-4/h7-10,13-20,29-36,47-48,53-62,71-72H,5-6,11-12,21-28,37-46H2,1-4H3,(H,73,85)(H,74,86)(H,75,81)(H,76,82)(H,77,83)(H,78,84)/t47-,48-,55-,56?,59-,60-,61-,62?/m0/s1. The molecular weight excluding hydrogens is 1110 g/mol. The maximum absolute atomic E-state index is 14.8. The van der Waals surface area contributed by atoms with Gasteiger partial charge in [0.1, 0.15) is 36.3 Å². The SMILES string of the molecule is CN[C@@H](C)C(=O)N[C@H](C(=O)N1CCCC1C(=O)NC(C(=O)NCCCCCCNC(=O)[C@@H](NC(=O)[C@@H]1CCCN1C(=O)[C@@H](NC(=O)[C@H](C)NC)C1CCCCC1)C(c1ccccc1)c1ccccc1)C(c1ccccc1)c1ccccc1)C1CCCCC1. The summed E-state index contributed by atoms with van der Waals surface area (Å²) in [5.41, 5.74) is 3.36. The van der Waals surface area contributed by atoms with Gasteiger partial charge in [-0.25, -0.2) is 0 Å². The molecule has 0 radical (unpaired) electrons.